The molecule has 16 heavy (non-hydrogen) atoms. The van der Waals surface area contributed by atoms with Crippen molar-refractivity contribution in [3.05, 3.63) is 23.9 Å². The molecule has 2 N–H and O–H groups in total. The number of pyridine rings is 1. The van der Waals surface area contributed by atoms with E-state index in [9.17, 15) is 5.11 Å². The highest BCUT2D eigenvalue weighted by molar-refractivity contribution is 5.51. The predicted molar refractivity (Wildman–Crippen MR) is 60.8 cm³/mol. The molecule has 0 radical (unpaired) electrons. The van der Waals surface area contributed by atoms with E-state index in [4.69, 9.17) is 5.26 Å². The van der Waals surface area contributed by atoms with Crippen molar-refractivity contribution in [2.45, 2.75) is 37.8 Å². The van der Waals surface area contributed by atoms with Gasteiger partial charge in [-0.3, -0.25) is 0 Å². The summed E-state index contributed by atoms with van der Waals surface area (Å²) in [5.41, 5.74) is 0.577. The van der Waals surface area contributed by atoms with Crippen molar-refractivity contribution in [2.75, 3.05) is 5.32 Å². The number of nitriles is 1. The first-order valence-electron chi connectivity index (χ1n) is 5.59. The van der Waals surface area contributed by atoms with Gasteiger partial charge in [-0.1, -0.05) is 0 Å². The number of rotatable bonds is 2. The molecular weight excluding hydrogens is 202 g/mol. The van der Waals surface area contributed by atoms with Crippen LogP contribution in [0.25, 0.3) is 0 Å². The largest absolute Gasteiger partial charge is 0.393 e. The SMILES string of the molecule is N#Cc1cccnc1NC1CCC(O)CC1. The maximum atomic E-state index is 9.40. The minimum absolute atomic E-state index is 0.155. The van der Waals surface area contributed by atoms with E-state index in [0.29, 0.717) is 17.4 Å². The van der Waals surface area contributed by atoms with Crippen molar-refractivity contribution in [3.8, 4) is 6.07 Å². The van der Waals surface area contributed by atoms with Gasteiger partial charge in [0.2, 0.25) is 0 Å². The van der Waals surface area contributed by atoms with Gasteiger partial charge in [0.05, 0.1) is 11.7 Å². The zero-order valence-electron chi connectivity index (χ0n) is 9.06. The number of aliphatic hydroxyl groups is 1. The van der Waals surface area contributed by atoms with Crippen molar-refractivity contribution < 1.29 is 5.11 Å². The first kappa shape index (κ1) is 10.9. The fourth-order valence-corrected chi connectivity index (χ4v) is 2.02. The Labute approximate surface area is 94.9 Å². The quantitative estimate of drug-likeness (QED) is 0.790. The van der Waals surface area contributed by atoms with Crippen LogP contribution in [0.1, 0.15) is 31.2 Å². The van der Waals surface area contributed by atoms with Gasteiger partial charge in [-0.2, -0.15) is 5.26 Å². The number of nitrogens with one attached hydrogen (secondary N) is 1. The number of hydrogen-bond donors (Lipinski definition) is 2. The minimum atomic E-state index is -0.155. The Morgan fingerprint density at radius 1 is 1.38 bits per heavy atom. The second-order valence-electron chi connectivity index (χ2n) is 4.16. The van der Waals surface area contributed by atoms with Crippen LogP contribution in [-0.4, -0.2) is 22.2 Å². The summed E-state index contributed by atoms with van der Waals surface area (Å²) in [4.78, 5) is 4.17. The molecule has 0 amide bonds. The maximum Gasteiger partial charge on any atom is 0.144 e. The highest BCUT2D eigenvalue weighted by Gasteiger charge is 2.20. The topological polar surface area (TPSA) is 68.9 Å². The molecule has 0 bridgehead atoms. The first-order chi connectivity index (χ1) is 7.79. The average Bonchev–Trinajstić information content (AvgIpc) is 2.33. The fraction of sp³-hybridized carbons (Fsp3) is 0.500. The summed E-state index contributed by atoms with van der Waals surface area (Å²) in [6.07, 6.45) is 5.04. The van der Waals surface area contributed by atoms with E-state index in [1.165, 1.54) is 0 Å². The van der Waals surface area contributed by atoms with Gasteiger partial charge in [-0.05, 0) is 37.8 Å². The van der Waals surface area contributed by atoms with Crippen LogP contribution in [0.4, 0.5) is 5.82 Å². The second kappa shape index (κ2) is 4.95. The van der Waals surface area contributed by atoms with Gasteiger partial charge in [0.1, 0.15) is 11.9 Å². The van der Waals surface area contributed by atoms with Crippen LogP contribution in [0.5, 0.6) is 0 Å². The van der Waals surface area contributed by atoms with Gasteiger partial charge in [-0.25, -0.2) is 4.98 Å². The summed E-state index contributed by atoms with van der Waals surface area (Å²) >= 11 is 0. The molecule has 0 spiro atoms. The molecule has 0 atom stereocenters. The van der Waals surface area contributed by atoms with Gasteiger partial charge in [-0.15, -0.1) is 0 Å². The lowest BCUT2D eigenvalue weighted by atomic mass is 9.93. The second-order valence-corrected chi connectivity index (χ2v) is 4.16. The number of aromatic nitrogens is 1. The molecule has 4 heteroatoms. The summed E-state index contributed by atoms with van der Waals surface area (Å²) in [7, 11) is 0. The zero-order chi connectivity index (χ0) is 11.4. The maximum absolute atomic E-state index is 9.40. The van der Waals surface area contributed by atoms with Crippen LogP contribution >= 0.6 is 0 Å². The molecule has 1 aliphatic carbocycles. The predicted octanol–water partition coefficient (Wildman–Crippen LogP) is 1.67. The molecule has 1 aromatic rings. The van der Waals surface area contributed by atoms with Crippen LogP contribution < -0.4 is 5.32 Å². The Balaban J connectivity index is 2.01. The van der Waals surface area contributed by atoms with Crippen LogP contribution in [-0.2, 0) is 0 Å². The highest BCUT2D eigenvalue weighted by atomic mass is 16.3. The molecule has 84 valence electrons. The molecule has 0 aliphatic heterocycles. The summed E-state index contributed by atoms with van der Waals surface area (Å²) in [6, 6.07) is 5.96. The number of anilines is 1. The number of hydrogen-bond acceptors (Lipinski definition) is 4. The summed E-state index contributed by atoms with van der Waals surface area (Å²) in [6.45, 7) is 0. The Morgan fingerprint density at radius 3 is 2.81 bits per heavy atom. The van der Waals surface area contributed by atoms with Crippen LogP contribution in [0.15, 0.2) is 18.3 Å². The summed E-state index contributed by atoms with van der Waals surface area (Å²) in [5.74, 6) is 0.659. The molecule has 1 aromatic heterocycles. The lowest BCUT2D eigenvalue weighted by molar-refractivity contribution is 0.126. The standard InChI is InChI=1S/C12H15N3O/c13-8-9-2-1-7-14-12(9)15-10-3-5-11(16)6-4-10/h1-2,7,10-11,16H,3-6H2,(H,14,15). The monoisotopic (exact) mass is 217 g/mol. The zero-order valence-corrected chi connectivity index (χ0v) is 9.06. The van der Waals surface area contributed by atoms with Crippen molar-refractivity contribution in [1.29, 1.82) is 5.26 Å². The van der Waals surface area contributed by atoms with Crippen molar-refractivity contribution in [3.63, 3.8) is 0 Å². The van der Waals surface area contributed by atoms with Crippen LogP contribution in [0.3, 0.4) is 0 Å². The van der Waals surface area contributed by atoms with E-state index in [1.807, 2.05) is 0 Å². The average molecular weight is 217 g/mol. The molecule has 1 saturated carbocycles. The van der Waals surface area contributed by atoms with Gasteiger partial charge in [0.15, 0.2) is 0 Å². The first-order valence-corrected chi connectivity index (χ1v) is 5.59. The van der Waals surface area contributed by atoms with Crippen molar-refractivity contribution in [2.24, 2.45) is 0 Å². The molecular formula is C12H15N3O. The Morgan fingerprint density at radius 2 is 2.12 bits per heavy atom. The molecule has 0 aromatic carbocycles. The third-order valence-electron chi connectivity index (χ3n) is 2.97. The lowest BCUT2D eigenvalue weighted by Gasteiger charge is -2.26. The molecule has 2 rings (SSSR count). The molecule has 1 heterocycles. The van der Waals surface area contributed by atoms with E-state index in [1.54, 1.807) is 18.3 Å². The van der Waals surface area contributed by atoms with E-state index in [2.05, 4.69) is 16.4 Å². The smallest absolute Gasteiger partial charge is 0.144 e. The van der Waals surface area contributed by atoms with E-state index < -0.39 is 0 Å². The van der Waals surface area contributed by atoms with Crippen molar-refractivity contribution in [1.82, 2.24) is 4.98 Å². The number of aliphatic hydroxyl groups excluding tert-OH is 1. The van der Waals surface area contributed by atoms with Crippen LogP contribution in [0.2, 0.25) is 0 Å². The molecule has 0 unspecified atom stereocenters. The van der Waals surface area contributed by atoms with E-state index in [0.717, 1.165) is 25.7 Å². The Hall–Kier alpha value is -1.60. The Kier molecular flexibility index (Phi) is 3.37. The van der Waals surface area contributed by atoms with Gasteiger partial charge in [0.25, 0.3) is 0 Å². The summed E-state index contributed by atoms with van der Waals surface area (Å²) in [5, 5.41) is 21.6. The molecule has 4 nitrogen and oxygen atoms in total. The normalized spacial score (nSPS) is 24.8. The van der Waals surface area contributed by atoms with Gasteiger partial charge >= 0.3 is 0 Å². The lowest BCUT2D eigenvalue weighted by Crippen LogP contribution is -2.28. The third-order valence-corrected chi connectivity index (χ3v) is 2.97. The molecule has 1 aliphatic rings. The third kappa shape index (κ3) is 2.50. The van der Waals surface area contributed by atoms with E-state index >= 15 is 0 Å². The minimum Gasteiger partial charge on any atom is -0.393 e. The van der Waals surface area contributed by atoms with Gasteiger partial charge < -0.3 is 10.4 Å². The number of nitrogens with zero attached hydrogens (tertiary/aromatic N) is 2. The fourth-order valence-electron chi connectivity index (χ4n) is 2.02. The summed E-state index contributed by atoms with van der Waals surface area (Å²) < 4.78 is 0. The Bertz CT molecular complexity index is 391. The molecule has 0 saturated heterocycles. The van der Waals surface area contributed by atoms with Crippen molar-refractivity contribution >= 4 is 5.82 Å². The van der Waals surface area contributed by atoms with E-state index in [-0.39, 0.29) is 6.10 Å². The van der Waals surface area contributed by atoms with Crippen LogP contribution in [0, 0.1) is 11.3 Å². The highest BCUT2D eigenvalue weighted by Crippen LogP contribution is 2.22. The molecule has 1 fully saturated rings. The van der Waals surface area contributed by atoms with Gasteiger partial charge in [0, 0.05) is 12.2 Å².